The Morgan fingerprint density at radius 2 is 1.88 bits per heavy atom. The normalized spacial score (nSPS) is 10.5. The van der Waals surface area contributed by atoms with Gasteiger partial charge < -0.3 is 0 Å². The number of amides is 1. The lowest BCUT2D eigenvalue weighted by Crippen LogP contribution is -2.12. The number of halogens is 2. The number of carbonyl (C=O) groups excluding carboxylic acids is 1. The zero-order valence-corrected chi connectivity index (χ0v) is 14.7. The van der Waals surface area contributed by atoms with Gasteiger partial charge in [0.2, 0.25) is 0 Å². The number of hydrogen-bond acceptors (Lipinski definition) is 5. The number of hydrogen-bond donors (Lipinski definition) is 1. The van der Waals surface area contributed by atoms with Crippen molar-refractivity contribution in [2.24, 2.45) is 0 Å². The Labute approximate surface area is 156 Å². The van der Waals surface area contributed by atoms with E-state index in [0.717, 1.165) is 0 Å². The van der Waals surface area contributed by atoms with Gasteiger partial charge in [-0.25, -0.2) is 4.98 Å². The summed E-state index contributed by atoms with van der Waals surface area (Å²) in [6.07, 6.45) is 0. The van der Waals surface area contributed by atoms with Crippen molar-refractivity contribution in [2.45, 2.75) is 0 Å². The molecule has 3 aromatic rings. The fourth-order valence-electron chi connectivity index (χ4n) is 2.05. The van der Waals surface area contributed by atoms with E-state index >= 15 is 0 Å². The van der Waals surface area contributed by atoms with Crippen LogP contribution in [0.3, 0.4) is 0 Å². The number of anilines is 1. The molecule has 126 valence electrons. The minimum Gasteiger partial charge on any atom is -0.298 e. The number of rotatable bonds is 4. The molecule has 0 saturated heterocycles. The average molecular weight is 394 g/mol. The maximum Gasteiger partial charge on any atom is 0.269 e. The third kappa shape index (κ3) is 3.96. The maximum absolute atomic E-state index is 12.3. The van der Waals surface area contributed by atoms with Gasteiger partial charge in [-0.2, -0.15) is 0 Å². The van der Waals surface area contributed by atoms with E-state index in [1.54, 1.807) is 29.6 Å². The predicted molar refractivity (Wildman–Crippen MR) is 98.6 cm³/mol. The molecule has 1 amide bonds. The largest absolute Gasteiger partial charge is 0.298 e. The zero-order chi connectivity index (χ0) is 18.0. The summed E-state index contributed by atoms with van der Waals surface area (Å²) in [5.74, 6) is -0.419. The Morgan fingerprint density at radius 3 is 2.56 bits per heavy atom. The van der Waals surface area contributed by atoms with Crippen LogP contribution in [0.5, 0.6) is 0 Å². The van der Waals surface area contributed by atoms with E-state index in [2.05, 4.69) is 10.3 Å². The Bertz CT molecular complexity index is 958. The molecule has 0 aliphatic heterocycles. The molecule has 1 aromatic heterocycles. The lowest BCUT2D eigenvalue weighted by Gasteiger charge is -2.04. The zero-order valence-electron chi connectivity index (χ0n) is 12.4. The lowest BCUT2D eigenvalue weighted by atomic mass is 10.1. The second-order valence-corrected chi connectivity index (χ2v) is 6.62. The molecule has 25 heavy (non-hydrogen) atoms. The summed E-state index contributed by atoms with van der Waals surface area (Å²) in [6, 6.07) is 10.6. The van der Waals surface area contributed by atoms with Crippen molar-refractivity contribution in [3.8, 4) is 11.3 Å². The lowest BCUT2D eigenvalue weighted by molar-refractivity contribution is -0.384. The van der Waals surface area contributed by atoms with Crippen molar-refractivity contribution >= 4 is 51.3 Å². The molecule has 0 spiro atoms. The summed E-state index contributed by atoms with van der Waals surface area (Å²) in [6.45, 7) is 0. The Balaban J connectivity index is 1.78. The van der Waals surface area contributed by atoms with Crippen LogP contribution >= 0.6 is 34.5 Å². The first kappa shape index (κ1) is 17.3. The standard InChI is InChI=1S/C16H9Cl2N3O3S/c17-10-3-6-13(18)12(7-10)15(22)20-16-19-14(8-25-16)9-1-4-11(5-2-9)21(23)24/h1-8H,(H,19,20,22). The summed E-state index contributed by atoms with van der Waals surface area (Å²) < 4.78 is 0. The molecule has 2 aromatic carbocycles. The highest BCUT2D eigenvalue weighted by Gasteiger charge is 2.14. The molecule has 1 heterocycles. The molecule has 0 saturated carbocycles. The van der Waals surface area contributed by atoms with Crippen molar-refractivity contribution in [3.05, 3.63) is 73.6 Å². The minimum atomic E-state index is -0.467. The SMILES string of the molecule is O=C(Nc1nc(-c2ccc([N+](=O)[O-])cc2)cs1)c1cc(Cl)ccc1Cl. The first-order chi connectivity index (χ1) is 11.9. The van der Waals surface area contributed by atoms with Crippen molar-refractivity contribution in [2.75, 3.05) is 5.32 Å². The van der Waals surface area contributed by atoms with Gasteiger partial charge in [0.05, 0.1) is 21.2 Å². The van der Waals surface area contributed by atoms with Crippen LogP contribution < -0.4 is 5.32 Å². The highest BCUT2D eigenvalue weighted by Crippen LogP contribution is 2.28. The van der Waals surface area contributed by atoms with E-state index in [1.165, 1.54) is 29.5 Å². The highest BCUT2D eigenvalue weighted by molar-refractivity contribution is 7.14. The van der Waals surface area contributed by atoms with Crippen LogP contribution in [0.15, 0.2) is 47.8 Å². The van der Waals surface area contributed by atoms with Gasteiger partial charge in [0.25, 0.3) is 11.6 Å². The number of benzene rings is 2. The van der Waals surface area contributed by atoms with Crippen LogP contribution in [0, 0.1) is 10.1 Å². The second kappa shape index (κ2) is 7.18. The van der Waals surface area contributed by atoms with Crippen LogP contribution in [0.4, 0.5) is 10.8 Å². The maximum atomic E-state index is 12.3. The predicted octanol–water partition coefficient (Wildman–Crippen LogP) is 5.28. The molecule has 0 unspecified atom stereocenters. The summed E-state index contributed by atoms with van der Waals surface area (Å²) in [4.78, 5) is 26.8. The molecule has 0 aliphatic rings. The van der Waals surface area contributed by atoms with E-state index in [1.807, 2.05) is 0 Å². The fraction of sp³-hybridized carbons (Fsp3) is 0. The van der Waals surface area contributed by atoms with Crippen molar-refractivity contribution in [3.63, 3.8) is 0 Å². The number of carbonyl (C=O) groups is 1. The number of nitrogens with zero attached hydrogens (tertiary/aromatic N) is 2. The number of nitro benzene ring substituents is 1. The van der Waals surface area contributed by atoms with E-state index in [-0.39, 0.29) is 16.3 Å². The van der Waals surface area contributed by atoms with E-state index in [9.17, 15) is 14.9 Å². The first-order valence-corrected chi connectivity index (χ1v) is 8.54. The van der Waals surface area contributed by atoms with Crippen molar-refractivity contribution in [1.82, 2.24) is 4.98 Å². The number of aromatic nitrogens is 1. The summed E-state index contributed by atoms with van der Waals surface area (Å²) in [5, 5.41) is 16.2. The summed E-state index contributed by atoms with van der Waals surface area (Å²) in [7, 11) is 0. The quantitative estimate of drug-likeness (QED) is 0.482. The monoisotopic (exact) mass is 393 g/mol. The van der Waals surface area contributed by atoms with Crippen molar-refractivity contribution in [1.29, 1.82) is 0 Å². The van der Waals surface area contributed by atoms with Gasteiger partial charge >= 0.3 is 0 Å². The molecule has 9 heteroatoms. The van der Waals surface area contributed by atoms with Gasteiger partial charge in [-0.1, -0.05) is 23.2 Å². The van der Waals surface area contributed by atoms with Crippen LogP contribution in [-0.2, 0) is 0 Å². The Morgan fingerprint density at radius 1 is 1.16 bits per heavy atom. The van der Waals surface area contributed by atoms with Crippen LogP contribution in [0.25, 0.3) is 11.3 Å². The van der Waals surface area contributed by atoms with E-state index < -0.39 is 10.8 Å². The molecule has 0 bridgehead atoms. The minimum absolute atomic E-state index is 0.00287. The third-order valence-corrected chi connectivity index (χ3v) is 4.59. The van der Waals surface area contributed by atoms with Crippen LogP contribution in [0.1, 0.15) is 10.4 Å². The van der Waals surface area contributed by atoms with Gasteiger partial charge in [-0.05, 0) is 30.3 Å². The Hall–Kier alpha value is -2.48. The molecule has 6 nitrogen and oxygen atoms in total. The average Bonchev–Trinajstić information content (AvgIpc) is 3.05. The summed E-state index contributed by atoms with van der Waals surface area (Å²) in [5.41, 5.74) is 1.57. The molecule has 0 radical (unpaired) electrons. The highest BCUT2D eigenvalue weighted by atomic mass is 35.5. The molecular formula is C16H9Cl2N3O3S. The van der Waals surface area contributed by atoms with Gasteiger partial charge in [0.1, 0.15) is 0 Å². The molecular weight excluding hydrogens is 385 g/mol. The van der Waals surface area contributed by atoms with Gasteiger partial charge in [0.15, 0.2) is 5.13 Å². The van der Waals surface area contributed by atoms with E-state index in [0.29, 0.717) is 21.4 Å². The summed E-state index contributed by atoms with van der Waals surface area (Å²) >= 11 is 13.1. The number of thiazole rings is 1. The number of nitro groups is 1. The fourth-order valence-corrected chi connectivity index (χ4v) is 3.14. The molecule has 3 rings (SSSR count). The molecule has 0 fully saturated rings. The number of nitrogens with one attached hydrogen (secondary N) is 1. The van der Waals surface area contributed by atoms with E-state index in [4.69, 9.17) is 23.2 Å². The smallest absolute Gasteiger partial charge is 0.269 e. The topological polar surface area (TPSA) is 85.1 Å². The second-order valence-electron chi connectivity index (χ2n) is 4.92. The Kier molecular flexibility index (Phi) is 4.98. The molecule has 0 aliphatic carbocycles. The number of non-ortho nitro benzene ring substituents is 1. The van der Waals surface area contributed by atoms with Gasteiger partial charge in [-0.15, -0.1) is 11.3 Å². The third-order valence-electron chi connectivity index (χ3n) is 3.27. The van der Waals surface area contributed by atoms with Crippen LogP contribution in [0.2, 0.25) is 10.0 Å². The van der Waals surface area contributed by atoms with Crippen LogP contribution in [-0.4, -0.2) is 15.8 Å². The van der Waals surface area contributed by atoms with Crippen molar-refractivity contribution < 1.29 is 9.72 Å². The molecule has 0 atom stereocenters. The van der Waals surface area contributed by atoms with Gasteiger partial charge in [0, 0.05) is 28.1 Å². The molecule has 1 N–H and O–H groups in total. The van der Waals surface area contributed by atoms with Gasteiger partial charge in [-0.3, -0.25) is 20.2 Å². The first-order valence-electron chi connectivity index (χ1n) is 6.91.